The highest BCUT2D eigenvalue weighted by Gasteiger charge is 2.31. The smallest absolute Gasteiger partial charge is 0.303 e. The fourth-order valence-electron chi connectivity index (χ4n) is 4.61. The lowest BCUT2D eigenvalue weighted by Gasteiger charge is -2.38. The van der Waals surface area contributed by atoms with Crippen LogP contribution in [-0.2, 0) is 17.6 Å². The van der Waals surface area contributed by atoms with Crippen LogP contribution in [0.3, 0.4) is 0 Å². The van der Waals surface area contributed by atoms with Crippen molar-refractivity contribution < 1.29 is 14.3 Å². The summed E-state index contributed by atoms with van der Waals surface area (Å²) in [6.07, 6.45) is 3.90. The van der Waals surface area contributed by atoms with E-state index in [0.717, 1.165) is 50.2 Å². The summed E-state index contributed by atoms with van der Waals surface area (Å²) in [6, 6.07) is 15.0. The Kier molecular flexibility index (Phi) is 6.43. The molecule has 1 aliphatic rings. The van der Waals surface area contributed by atoms with Crippen molar-refractivity contribution in [3.63, 3.8) is 0 Å². The third-order valence-electron chi connectivity index (χ3n) is 6.14. The van der Waals surface area contributed by atoms with Gasteiger partial charge in [-0.25, -0.2) is 9.37 Å². The third kappa shape index (κ3) is 5.25. The standard InChI is InChI=1S/C24H28FN3O2/c25-20-8-9-21-22(15-20)27-23(26-21)13-19-16-28(12-10-18(19)14-24(29)30)11-4-7-17-5-2-1-3-6-17/h1-3,5-6,8-9,15,18-19H,4,7,10-14,16H2,(H,26,27)(H,29,30)/t18-,19-/m0/s1. The van der Waals surface area contributed by atoms with Crippen LogP contribution < -0.4 is 0 Å². The minimum atomic E-state index is -0.741. The molecule has 5 nitrogen and oxygen atoms in total. The number of hydrogen-bond donors (Lipinski definition) is 2. The Hall–Kier alpha value is -2.73. The van der Waals surface area contributed by atoms with Crippen LogP contribution in [0.4, 0.5) is 4.39 Å². The molecular formula is C24H28FN3O2. The number of carboxylic acid groups (broad SMARTS) is 1. The van der Waals surface area contributed by atoms with Gasteiger partial charge < -0.3 is 15.0 Å². The first-order chi connectivity index (χ1) is 14.6. The quantitative estimate of drug-likeness (QED) is 0.582. The number of imidazole rings is 1. The first-order valence-corrected chi connectivity index (χ1v) is 10.7. The number of likely N-dealkylation sites (tertiary alicyclic amines) is 1. The van der Waals surface area contributed by atoms with Crippen molar-refractivity contribution in [2.24, 2.45) is 11.8 Å². The van der Waals surface area contributed by atoms with E-state index in [1.165, 1.54) is 17.7 Å². The van der Waals surface area contributed by atoms with Crippen molar-refractivity contribution in [3.8, 4) is 0 Å². The molecule has 0 bridgehead atoms. The Labute approximate surface area is 175 Å². The number of H-pyrrole nitrogens is 1. The van der Waals surface area contributed by atoms with Crippen LogP contribution in [0.2, 0.25) is 0 Å². The fraction of sp³-hybridized carbons (Fsp3) is 0.417. The largest absolute Gasteiger partial charge is 0.481 e. The van der Waals surface area contributed by atoms with Crippen molar-refractivity contribution >= 4 is 17.0 Å². The number of aromatic nitrogens is 2. The minimum Gasteiger partial charge on any atom is -0.481 e. The normalized spacial score (nSPS) is 19.9. The molecule has 3 aromatic rings. The van der Waals surface area contributed by atoms with Crippen molar-refractivity contribution in [1.29, 1.82) is 0 Å². The molecule has 2 aromatic carbocycles. The van der Waals surface area contributed by atoms with Crippen LogP contribution in [0.25, 0.3) is 11.0 Å². The molecule has 0 saturated carbocycles. The highest BCUT2D eigenvalue weighted by molar-refractivity contribution is 5.74. The number of benzene rings is 2. The Balaban J connectivity index is 1.40. The van der Waals surface area contributed by atoms with E-state index in [1.807, 2.05) is 6.07 Å². The van der Waals surface area contributed by atoms with E-state index in [2.05, 4.69) is 39.1 Å². The zero-order valence-corrected chi connectivity index (χ0v) is 17.1. The van der Waals surface area contributed by atoms with Gasteiger partial charge in [0.05, 0.1) is 11.0 Å². The van der Waals surface area contributed by atoms with Gasteiger partial charge in [-0.3, -0.25) is 4.79 Å². The van der Waals surface area contributed by atoms with Gasteiger partial charge in [0.15, 0.2) is 0 Å². The summed E-state index contributed by atoms with van der Waals surface area (Å²) >= 11 is 0. The molecule has 2 N–H and O–H groups in total. The number of piperidine rings is 1. The van der Waals surface area contributed by atoms with Crippen LogP contribution >= 0.6 is 0 Å². The van der Waals surface area contributed by atoms with Gasteiger partial charge >= 0.3 is 5.97 Å². The van der Waals surface area contributed by atoms with Gasteiger partial charge in [0.2, 0.25) is 0 Å². The predicted molar refractivity (Wildman–Crippen MR) is 115 cm³/mol. The van der Waals surface area contributed by atoms with Gasteiger partial charge in [-0.2, -0.15) is 0 Å². The fourth-order valence-corrected chi connectivity index (χ4v) is 4.61. The summed E-state index contributed by atoms with van der Waals surface area (Å²) in [7, 11) is 0. The number of hydrogen-bond acceptors (Lipinski definition) is 3. The Morgan fingerprint density at radius 3 is 2.83 bits per heavy atom. The topological polar surface area (TPSA) is 69.2 Å². The van der Waals surface area contributed by atoms with Crippen LogP contribution in [-0.4, -0.2) is 45.6 Å². The Morgan fingerprint density at radius 2 is 2.03 bits per heavy atom. The summed E-state index contributed by atoms with van der Waals surface area (Å²) in [5.74, 6) is 0.134. The van der Waals surface area contributed by atoms with Crippen molar-refractivity contribution in [2.75, 3.05) is 19.6 Å². The molecule has 1 saturated heterocycles. The molecule has 0 radical (unpaired) electrons. The lowest BCUT2D eigenvalue weighted by atomic mass is 9.81. The summed E-state index contributed by atoms with van der Waals surface area (Å²) in [6.45, 7) is 2.82. The molecule has 2 atom stereocenters. The number of aliphatic carboxylic acids is 1. The second kappa shape index (κ2) is 9.39. The van der Waals surface area contributed by atoms with Gasteiger partial charge in [0.25, 0.3) is 0 Å². The number of fused-ring (bicyclic) bond motifs is 1. The first kappa shape index (κ1) is 20.5. The van der Waals surface area contributed by atoms with Crippen molar-refractivity contribution in [2.45, 2.75) is 32.1 Å². The van der Waals surface area contributed by atoms with Gasteiger partial charge in [-0.15, -0.1) is 0 Å². The number of halogens is 1. The predicted octanol–water partition coefficient (Wildman–Crippen LogP) is 4.29. The van der Waals surface area contributed by atoms with E-state index in [4.69, 9.17) is 0 Å². The molecule has 0 amide bonds. The van der Waals surface area contributed by atoms with E-state index >= 15 is 0 Å². The summed E-state index contributed by atoms with van der Waals surface area (Å²) < 4.78 is 13.5. The SMILES string of the molecule is O=C(O)C[C@@H]1CCN(CCCc2ccccc2)C[C@@H]1Cc1nc2ccc(F)cc2[nH]1. The van der Waals surface area contributed by atoms with E-state index in [-0.39, 0.29) is 24.1 Å². The van der Waals surface area contributed by atoms with Gasteiger partial charge in [-0.1, -0.05) is 30.3 Å². The molecule has 6 heteroatoms. The molecule has 0 spiro atoms. The van der Waals surface area contributed by atoms with Gasteiger partial charge in [-0.05, 0) is 68.0 Å². The lowest BCUT2D eigenvalue weighted by Crippen LogP contribution is -2.42. The van der Waals surface area contributed by atoms with Crippen LogP contribution in [0.15, 0.2) is 48.5 Å². The molecular weight excluding hydrogens is 381 g/mol. The summed E-state index contributed by atoms with van der Waals surface area (Å²) in [5.41, 5.74) is 2.79. The monoisotopic (exact) mass is 409 g/mol. The number of carbonyl (C=O) groups is 1. The van der Waals surface area contributed by atoms with Crippen molar-refractivity contribution in [3.05, 3.63) is 65.7 Å². The van der Waals surface area contributed by atoms with E-state index in [0.29, 0.717) is 11.9 Å². The zero-order chi connectivity index (χ0) is 20.9. The second-order valence-corrected chi connectivity index (χ2v) is 8.35. The van der Waals surface area contributed by atoms with Crippen LogP contribution in [0, 0.1) is 17.7 Å². The molecule has 0 aliphatic carbocycles. The van der Waals surface area contributed by atoms with Crippen molar-refractivity contribution in [1.82, 2.24) is 14.9 Å². The maximum atomic E-state index is 13.5. The second-order valence-electron chi connectivity index (χ2n) is 8.35. The average Bonchev–Trinajstić information content (AvgIpc) is 3.11. The van der Waals surface area contributed by atoms with E-state index in [1.54, 1.807) is 6.07 Å². The lowest BCUT2D eigenvalue weighted by molar-refractivity contribution is -0.139. The summed E-state index contributed by atoms with van der Waals surface area (Å²) in [5, 5.41) is 9.35. The molecule has 0 unspecified atom stereocenters. The van der Waals surface area contributed by atoms with E-state index < -0.39 is 5.97 Å². The summed E-state index contributed by atoms with van der Waals surface area (Å²) in [4.78, 5) is 21.6. The van der Waals surface area contributed by atoms with Gasteiger partial charge in [0.1, 0.15) is 11.6 Å². The number of aryl methyl sites for hydroxylation is 1. The van der Waals surface area contributed by atoms with E-state index in [9.17, 15) is 14.3 Å². The highest BCUT2D eigenvalue weighted by Crippen LogP contribution is 2.30. The number of rotatable bonds is 8. The average molecular weight is 410 g/mol. The van der Waals surface area contributed by atoms with Gasteiger partial charge in [0, 0.05) is 19.4 Å². The molecule has 4 rings (SSSR count). The molecule has 158 valence electrons. The Bertz CT molecular complexity index is 989. The minimum absolute atomic E-state index is 0.137. The molecule has 2 heterocycles. The number of nitrogens with zero attached hydrogens (tertiary/aromatic N) is 2. The third-order valence-corrected chi connectivity index (χ3v) is 6.14. The highest BCUT2D eigenvalue weighted by atomic mass is 19.1. The van der Waals surface area contributed by atoms with Crippen LogP contribution in [0.5, 0.6) is 0 Å². The molecule has 1 fully saturated rings. The maximum absolute atomic E-state index is 13.5. The maximum Gasteiger partial charge on any atom is 0.303 e. The molecule has 1 aromatic heterocycles. The molecule has 30 heavy (non-hydrogen) atoms. The van der Waals surface area contributed by atoms with Crippen LogP contribution in [0.1, 0.15) is 30.7 Å². The Morgan fingerprint density at radius 1 is 1.20 bits per heavy atom. The zero-order valence-electron chi connectivity index (χ0n) is 17.1. The molecule has 1 aliphatic heterocycles. The number of aromatic amines is 1. The number of nitrogens with one attached hydrogen (secondary N) is 1. The number of carboxylic acids is 1. The first-order valence-electron chi connectivity index (χ1n) is 10.7.